The van der Waals surface area contributed by atoms with E-state index in [0.717, 1.165) is 22.3 Å². The highest BCUT2D eigenvalue weighted by Gasteiger charge is 2.48. The fourth-order valence-electron chi connectivity index (χ4n) is 10.2. The summed E-state index contributed by atoms with van der Waals surface area (Å²) in [6, 6.07) is 15.8. The van der Waals surface area contributed by atoms with E-state index in [1.54, 1.807) is 97.8 Å². The Morgan fingerprint density at radius 2 is 1.01 bits per heavy atom. The molecule has 6 rings (SSSR count). The molecule has 3 aromatic rings. The van der Waals surface area contributed by atoms with Gasteiger partial charge < -0.3 is 82.8 Å². The number of unbranched alkanes of at least 4 members (excludes halogenated alkanes) is 1. The van der Waals surface area contributed by atoms with Gasteiger partial charge in [0.25, 0.3) is 0 Å². The Morgan fingerprint density at radius 1 is 0.557 bits per heavy atom. The minimum Gasteiger partial charge on any atom is -0.493 e. The molecule has 490 valence electrons. The summed E-state index contributed by atoms with van der Waals surface area (Å²) in [5, 5.41) is 8.98. The SMILES string of the molecule is CC.COc1cc([C@@H]2c3cc4c(cc3[C@@H](NC(=O)NCCCN(CCCN(CCCCN(CCCNC(=O)OC(C)(C)C)C(=O)OC(C)(C)C)C(=O)OC(C)(C)C)C(=O)OC(C)(C)C)[C@H]3COC[C@H]23)OCO4)cc(OC)c1OC(=O)OCc1ccccc1. The molecule has 0 saturated carbocycles. The van der Waals surface area contributed by atoms with E-state index in [1.807, 2.05) is 68.4 Å². The molecule has 1 aliphatic carbocycles. The zero-order chi connectivity index (χ0) is 65.0. The molecule has 1 fully saturated rings. The lowest BCUT2D eigenvalue weighted by molar-refractivity contribution is 0.0181. The molecule has 0 radical (unpaired) electrons. The molecular formula is C65H98N6O17. The van der Waals surface area contributed by atoms with Gasteiger partial charge in [-0.1, -0.05) is 44.2 Å². The Hall–Kier alpha value is -7.56. The van der Waals surface area contributed by atoms with E-state index in [-0.39, 0.29) is 74.6 Å². The average Bonchev–Trinajstić information content (AvgIpc) is 1.41. The van der Waals surface area contributed by atoms with Gasteiger partial charge in [0.1, 0.15) is 29.0 Å². The van der Waals surface area contributed by atoms with Crippen molar-refractivity contribution in [2.75, 3.05) is 86.6 Å². The van der Waals surface area contributed by atoms with Crippen molar-refractivity contribution in [2.24, 2.45) is 11.8 Å². The van der Waals surface area contributed by atoms with E-state index < -0.39 is 65.0 Å². The molecule has 3 N–H and O–H groups in total. The molecule has 0 aromatic heterocycles. The standard InChI is InChI=1S/C63H92N6O17.C2H6/c1-60(2,3)83-55(71)65-26-21-30-67(56(72)84-61(4,5)6)27-18-19-28-68(57(73)85-62(7,8)9)31-22-32-69(58(74)86-63(10,11)12)29-20-25-64-54(70)66-52-44-36-48-47(80-40-81-48)35-43(44)51(45-38-78-39-46(45)52)42-33-49(76-13)53(50(34-42)77-14)82-59(75)79-37-41-23-16-15-17-24-41;1-2/h15-17,23-24,33-36,45-46,51-52H,18-22,25-32,37-40H2,1-14H3,(H,65,71)(H2,64,66,70);1-2H3/t45-,46-,51+,52+;/m0./s1. The van der Waals surface area contributed by atoms with Crippen LogP contribution in [0.3, 0.4) is 0 Å². The van der Waals surface area contributed by atoms with E-state index in [4.69, 9.17) is 52.1 Å². The fourth-order valence-corrected chi connectivity index (χ4v) is 10.2. The maximum Gasteiger partial charge on any atom is 0.514 e. The highest BCUT2D eigenvalue weighted by Crippen LogP contribution is 2.55. The van der Waals surface area contributed by atoms with Crippen LogP contribution >= 0.6 is 0 Å². The van der Waals surface area contributed by atoms with Crippen LogP contribution in [0.2, 0.25) is 0 Å². The summed E-state index contributed by atoms with van der Waals surface area (Å²) >= 11 is 0. The van der Waals surface area contributed by atoms with Gasteiger partial charge in [0.15, 0.2) is 23.0 Å². The van der Waals surface area contributed by atoms with Crippen molar-refractivity contribution in [2.45, 2.75) is 170 Å². The lowest BCUT2D eigenvalue weighted by Gasteiger charge is -2.41. The molecule has 23 heteroatoms. The molecule has 4 atom stereocenters. The van der Waals surface area contributed by atoms with Crippen molar-refractivity contribution >= 4 is 36.6 Å². The molecule has 88 heavy (non-hydrogen) atoms. The number of hydrogen-bond acceptors (Lipinski definition) is 17. The van der Waals surface area contributed by atoms with Crippen LogP contribution < -0.4 is 39.6 Å². The number of amides is 6. The molecule has 2 aliphatic heterocycles. The van der Waals surface area contributed by atoms with E-state index >= 15 is 0 Å². The van der Waals surface area contributed by atoms with E-state index in [1.165, 1.54) is 14.2 Å². The molecule has 3 aliphatic rings. The first-order valence-electron chi connectivity index (χ1n) is 30.6. The molecule has 0 spiro atoms. The number of benzene rings is 3. The number of urea groups is 1. The van der Waals surface area contributed by atoms with Crippen LogP contribution in [0.5, 0.6) is 28.7 Å². The van der Waals surface area contributed by atoms with Crippen LogP contribution in [0, 0.1) is 11.8 Å². The quantitative estimate of drug-likeness (QED) is 0.0326. The summed E-state index contributed by atoms with van der Waals surface area (Å²) in [6.07, 6.45) is -0.722. The van der Waals surface area contributed by atoms with Gasteiger partial charge in [-0.2, -0.15) is 0 Å². The maximum atomic E-state index is 14.0. The second kappa shape index (κ2) is 32.6. The molecule has 3 aromatic carbocycles. The third-order valence-electron chi connectivity index (χ3n) is 13.9. The predicted molar refractivity (Wildman–Crippen MR) is 330 cm³/mol. The Labute approximate surface area is 520 Å². The minimum atomic E-state index is -0.932. The van der Waals surface area contributed by atoms with E-state index in [0.29, 0.717) is 83.0 Å². The number of rotatable bonds is 24. The van der Waals surface area contributed by atoms with Gasteiger partial charge in [0, 0.05) is 70.1 Å². The van der Waals surface area contributed by atoms with Crippen LogP contribution in [0.25, 0.3) is 0 Å². The summed E-state index contributed by atoms with van der Waals surface area (Å²) in [5.74, 6) is 0.986. The predicted octanol–water partition coefficient (Wildman–Crippen LogP) is 12.1. The van der Waals surface area contributed by atoms with Gasteiger partial charge in [-0.25, -0.2) is 28.8 Å². The van der Waals surface area contributed by atoms with Crippen molar-refractivity contribution in [3.63, 3.8) is 0 Å². The highest BCUT2D eigenvalue weighted by atomic mass is 16.7. The first-order valence-corrected chi connectivity index (χ1v) is 30.6. The van der Waals surface area contributed by atoms with Crippen molar-refractivity contribution in [3.8, 4) is 28.7 Å². The molecule has 6 amide bonds. The van der Waals surface area contributed by atoms with Gasteiger partial charge in [-0.05, 0) is 162 Å². The number of nitrogens with zero attached hydrogens (tertiary/aromatic N) is 3. The van der Waals surface area contributed by atoms with Crippen molar-refractivity contribution in [3.05, 3.63) is 76.9 Å². The average molecular weight is 1240 g/mol. The molecular weight excluding hydrogens is 1140 g/mol. The number of carbonyl (C=O) groups excluding carboxylic acids is 6. The number of hydrogen-bond donors (Lipinski definition) is 3. The summed E-state index contributed by atoms with van der Waals surface area (Å²) in [5.41, 5.74) is 0.334. The zero-order valence-electron chi connectivity index (χ0n) is 54.8. The smallest absolute Gasteiger partial charge is 0.493 e. The topological polar surface area (TPSA) is 250 Å². The van der Waals surface area contributed by atoms with E-state index in [9.17, 15) is 28.8 Å². The normalized spacial score (nSPS) is 16.6. The van der Waals surface area contributed by atoms with Gasteiger partial charge >= 0.3 is 36.6 Å². The van der Waals surface area contributed by atoms with Gasteiger partial charge in [-0.15, -0.1) is 0 Å². The summed E-state index contributed by atoms with van der Waals surface area (Å²) in [7, 11) is 2.95. The lowest BCUT2D eigenvalue weighted by Crippen LogP contribution is -2.46. The van der Waals surface area contributed by atoms with Crippen LogP contribution in [-0.4, -0.2) is 160 Å². The third-order valence-corrected chi connectivity index (χ3v) is 13.9. The first-order chi connectivity index (χ1) is 41.5. The van der Waals surface area contributed by atoms with Crippen LogP contribution in [0.4, 0.5) is 28.8 Å². The Balaban J connectivity index is 0.00000698. The second-order valence-corrected chi connectivity index (χ2v) is 25.5. The van der Waals surface area contributed by atoms with Crippen LogP contribution in [0.15, 0.2) is 54.6 Å². The molecule has 0 bridgehead atoms. The van der Waals surface area contributed by atoms with Crippen LogP contribution in [-0.2, 0) is 35.0 Å². The van der Waals surface area contributed by atoms with Crippen molar-refractivity contribution in [1.82, 2.24) is 30.7 Å². The Morgan fingerprint density at radius 3 is 1.50 bits per heavy atom. The minimum absolute atomic E-state index is 0.00815. The molecule has 1 saturated heterocycles. The summed E-state index contributed by atoms with van der Waals surface area (Å²) in [6.45, 7) is 28.5. The second-order valence-electron chi connectivity index (χ2n) is 25.5. The van der Waals surface area contributed by atoms with Crippen LogP contribution in [0.1, 0.15) is 163 Å². The number of carbonyl (C=O) groups is 6. The zero-order valence-corrected chi connectivity index (χ0v) is 54.8. The maximum absolute atomic E-state index is 14.0. The van der Waals surface area contributed by atoms with Gasteiger partial charge in [0.05, 0.1) is 33.5 Å². The Bertz CT molecular complexity index is 2750. The van der Waals surface area contributed by atoms with Crippen molar-refractivity contribution in [1.29, 1.82) is 0 Å². The largest absolute Gasteiger partial charge is 0.514 e. The first kappa shape index (κ1) is 71.2. The summed E-state index contributed by atoms with van der Waals surface area (Å²) < 4.78 is 63.4. The van der Waals surface area contributed by atoms with E-state index in [2.05, 4.69) is 16.0 Å². The summed E-state index contributed by atoms with van der Waals surface area (Å²) in [4.78, 5) is 84.7. The third kappa shape index (κ3) is 22.5. The van der Waals surface area contributed by atoms with Gasteiger partial charge in [0.2, 0.25) is 12.5 Å². The highest BCUT2D eigenvalue weighted by molar-refractivity contribution is 5.75. The fraction of sp³-hybridized carbons (Fsp3) is 0.631. The number of nitrogens with one attached hydrogen (secondary N) is 3. The van der Waals surface area contributed by atoms with Crippen molar-refractivity contribution < 1.29 is 80.9 Å². The Kier molecular flexibility index (Phi) is 26.4. The number of alkyl carbamates (subject to hydrolysis) is 1. The molecule has 23 nitrogen and oxygen atoms in total. The molecule has 2 heterocycles. The number of ether oxygens (including phenoxy) is 11. The number of fused-ring (bicyclic) bond motifs is 3. The monoisotopic (exact) mass is 1230 g/mol. The number of methoxy groups -OCH3 is 2. The van der Waals surface area contributed by atoms with Gasteiger partial charge in [-0.3, -0.25) is 0 Å². The molecule has 0 unspecified atom stereocenters. The lowest BCUT2D eigenvalue weighted by atomic mass is 9.65.